The van der Waals surface area contributed by atoms with Crippen LogP contribution in [0.1, 0.15) is 49.0 Å². The second-order valence-corrected chi connectivity index (χ2v) is 5.60. The summed E-state index contributed by atoms with van der Waals surface area (Å²) in [5.74, 6) is 0. The molecule has 1 aliphatic rings. The molecule has 0 aliphatic heterocycles. The molecule has 0 amide bonds. The van der Waals surface area contributed by atoms with E-state index in [2.05, 4.69) is 43.9 Å². The molecule has 1 atom stereocenters. The number of nitrogens with zero attached hydrogens (tertiary/aromatic N) is 1. The van der Waals surface area contributed by atoms with Crippen LogP contribution in [0.25, 0.3) is 0 Å². The summed E-state index contributed by atoms with van der Waals surface area (Å²) in [6.45, 7) is 8.26. The maximum Gasteiger partial charge on any atom is 0.0919 e. The van der Waals surface area contributed by atoms with Gasteiger partial charge in [-0.25, -0.2) is 0 Å². The topological polar surface area (TPSA) is 23.5 Å². The van der Waals surface area contributed by atoms with Gasteiger partial charge in [-0.3, -0.25) is 4.90 Å². The van der Waals surface area contributed by atoms with Gasteiger partial charge in [0.1, 0.15) is 0 Å². The van der Waals surface area contributed by atoms with Gasteiger partial charge in [0.15, 0.2) is 0 Å². The van der Waals surface area contributed by atoms with Gasteiger partial charge in [0, 0.05) is 12.6 Å². The molecule has 0 radical (unpaired) electrons. The Labute approximate surface area is 111 Å². The van der Waals surface area contributed by atoms with Gasteiger partial charge in [-0.1, -0.05) is 30.7 Å². The van der Waals surface area contributed by atoms with Gasteiger partial charge in [-0.15, -0.1) is 0 Å². The Kier molecular flexibility index (Phi) is 4.41. The third kappa shape index (κ3) is 3.33. The fourth-order valence-electron chi connectivity index (χ4n) is 2.59. The smallest absolute Gasteiger partial charge is 0.0919 e. The monoisotopic (exact) mass is 247 g/mol. The molecule has 1 N–H and O–H groups in total. The lowest BCUT2D eigenvalue weighted by Gasteiger charge is -2.25. The molecule has 0 spiro atoms. The highest BCUT2D eigenvalue weighted by Gasteiger charge is 2.30. The van der Waals surface area contributed by atoms with Crippen molar-refractivity contribution >= 4 is 0 Å². The lowest BCUT2D eigenvalue weighted by Crippen LogP contribution is -2.31. The molecule has 0 aromatic heterocycles. The van der Waals surface area contributed by atoms with Crippen LogP contribution in [-0.2, 0) is 0 Å². The Hall–Kier alpha value is -0.860. The van der Waals surface area contributed by atoms with Gasteiger partial charge in [0.2, 0.25) is 0 Å². The summed E-state index contributed by atoms with van der Waals surface area (Å²) in [6.07, 6.45) is 3.42. The number of aryl methyl sites for hydroxylation is 2. The van der Waals surface area contributed by atoms with E-state index in [4.69, 9.17) is 0 Å². The van der Waals surface area contributed by atoms with Crippen molar-refractivity contribution in [1.29, 1.82) is 0 Å². The molecule has 0 saturated heterocycles. The Balaban J connectivity index is 2.05. The average molecular weight is 247 g/mol. The van der Waals surface area contributed by atoms with Crippen LogP contribution in [0.4, 0.5) is 0 Å². The molecule has 1 aromatic rings. The number of rotatable bonds is 6. The lowest BCUT2D eigenvalue weighted by atomic mass is 10.0. The van der Waals surface area contributed by atoms with Crippen molar-refractivity contribution in [3.63, 3.8) is 0 Å². The van der Waals surface area contributed by atoms with E-state index in [0.29, 0.717) is 0 Å². The van der Waals surface area contributed by atoms with Crippen LogP contribution in [0.2, 0.25) is 0 Å². The van der Waals surface area contributed by atoms with Gasteiger partial charge in [0.05, 0.1) is 6.10 Å². The van der Waals surface area contributed by atoms with Crippen molar-refractivity contribution in [2.24, 2.45) is 0 Å². The molecular weight excluding hydrogens is 222 g/mol. The predicted molar refractivity (Wildman–Crippen MR) is 75.8 cm³/mol. The van der Waals surface area contributed by atoms with Crippen molar-refractivity contribution in [1.82, 2.24) is 4.90 Å². The molecule has 2 rings (SSSR count). The van der Waals surface area contributed by atoms with E-state index in [1.54, 1.807) is 0 Å². The van der Waals surface area contributed by atoms with Crippen LogP contribution in [0.15, 0.2) is 18.2 Å². The standard InChI is InChI=1S/C16H25NO/c1-4-9-17(14-7-8-14)11-16(18)15-10-12(2)5-6-13(15)3/h5-6,10,14,16,18H,4,7-9,11H2,1-3H3. The van der Waals surface area contributed by atoms with Crippen molar-refractivity contribution in [3.05, 3.63) is 34.9 Å². The summed E-state index contributed by atoms with van der Waals surface area (Å²) in [4.78, 5) is 2.45. The molecule has 1 aliphatic carbocycles. The maximum absolute atomic E-state index is 10.5. The highest BCUT2D eigenvalue weighted by molar-refractivity contribution is 5.32. The molecule has 0 bridgehead atoms. The number of benzene rings is 1. The first-order valence-corrected chi connectivity index (χ1v) is 7.11. The van der Waals surface area contributed by atoms with E-state index in [0.717, 1.165) is 31.1 Å². The van der Waals surface area contributed by atoms with Gasteiger partial charge in [0.25, 0.3) is 0 Å². The maximum atomic E-state index is 10.5. The van der Waals surface area contributed by atoms with Crippen LogP contribution in [0.3, 0.4) is 0 Å². The Bertz CT molecular complexity index is 398. The molecule has 1 unspecified atom stereocenters. The summed E-state index contributed by atoms with van der Waals surface area (Å²) in [5.41, 5.74) is 3.51. The summed E-state index contributed by atoms with van der Waals surface area (Å²) < 4.78 is 0. The fraction of sp³-hybridized carbons (Fsp3) is 0.625. The van der Waals surface area contributed by atoms with E-state index in [1.165, 1.54) is 24.0 Å². The highest BCUT2D eigenvalue weighted by Crippen LogP contribution is 2.29. The minimum atomic E-state index is -0.350. The predicted octanol–water partition coefficient (Wildman–Crippen LogP) is 3.21. The first-order chi connectivity index (χ1) is 8.61. The second kappa shape index (κ2) is 5.85. The van der Waals surface area contributed by atoms with E-state index >= 15 is 0 Å². The van der Waals surface area contributed by atoms with Crippen LogP contribution in [0.5, 0.6) is 0 Å². The van der Waals surface area contributed by atoms with Gasteiger partial charge >= 0.3 is 0 Å². The summed E-state index contributed by atoms with van der Waals surface area (Å²) in [5, 5.41) is 10.5. The first-order valence-electron chi connectivity index (χ1n) is 7.11. The molecule has 0 heterocycles. The Morgan fingerprint density at radius 3 is 2.67 bits per heavy atom. The Morgan fingerprint density at radius 1 is 1.33 bits per heavy atom. The quantitative estimate of drug-likeness (QED) is 0.834. The van der Waals surface area contributed by atoms with E-state index < -0.39 is 0 Å². The molecule has 1 saturated carbocycles. The number of hydrogen-bond acceptors (Lipinski definition) is 2. The van der Waals surface area contributed by atoms with Crippen molar-refractivity contribution in [3.8, 4) is 0 Å². The molecule has 2 heteroatoms. The fourth-order valence-corrected chi connectivity index (χ4v) is 2.59. The van der Waals surface area contributed by atoms with Crippen LogP contribution < -0.4 is 0 Å². The zero-order valence-corrected chi connectivity index (χ0v) is 11.8. The van der Waals surface area contributed by atoms with Gasteiger partial charge < -0.3 is 5.11 Å². The minimum Gasteiger partial charge on any atom is -0.387 e. The lowest BCUT2D eigenvalue weighted by molar-refractivity contribution is 0.108. The minimum absolute atomic E-state index is 0.350. The normalized spacial score (nSPS) is 17.2. The van der Waals surface area contributed by atoms with Gasteiger partial charge in [-0.2, -0.15) is 0 Å². The van der Waals surface area contributed by atoms with Crippen molar-refractivity contribution in [2.75, 3.05) is 13.1 Å². The molecule has 2 nitrogen and oxygen atoms in total. The third-order valence-electron chi connectivity index (χ3n) is 3.78. The van der Waals surface area contributed by atoms with Crippen molar-refractivity contribution < 1.29 is 5.11 Å². The Morgan fingerprint density at radius 2 is 2.06 bits per heavy atom. The van der Waals surface area contributed by atoms with E-state index in [-0.39, 0.29) is 6.10 Å². The zero-order chi connectivity index (χ0) is 13.1. The number of aliphatic hydroxyl groups excluding tert-OH is 1. The molecule has 1 aromatic carbocycles. The highest BCUT2D eigenvalue weighted by atomic mass is 16.3. The van der Waals surface area contributed by atoms with Crippen LogP contribution >= 0.6 is 0 Å². The SMILES string of the molecule is CCCN(CC(O)c1cc(C)ccc1C)C1CC1. The molecule has 1 fully saturated rings. The second-order valence-electron chi connectivity index (χ2n) is 5.60. The summed E-state index contributed by atoms with van der Waals surface area (Å²) >= 11 is 0. The molecular formula is C16H25NO. The van der Waals surface area contributed by atoms with Crippen LogP contribution in [0, 0.1) is 13.8 Å². The first kappa shape index (κ1) is 13.6. The van der Waals surface area contributed by atoms with Crippen molar-refractivity contribution in [2.45, 2.75) is 52.2 Å². The van der Waals surface area contributed by atoms with Gasteiger partial charge in [-0.05, 0) is 50.8 Å². The molecule has 18 heavy (non-hydrogen) atoms. The zero-order valence-electron chi connectivity index (χ0n) is 11.8. The third-order valence-corrected chi connectivity index (χ3v) is 3.78. The van der Waals surface area contributed by atoms with E-state index in [1.807, 2.05) is 0 Å². The largest absolute Gasteiger partial charge is 0.387 e. The van der Waals surface area contributed by atoms with E-state index in [9.17, 15) is 5.11 Å². The number of hydrogen-bond donors (Lipinski definition) is 1. The van der Waals surface area contributed by atoms with Crippen LogP contribution in [-0.4, -0.2) is 29.1 Å². The molecule has 100 valence electrons. The average Bonchev–Trinajstić information content (AvgIpc) is 3.15. The number of aliphatic hydroxyl groups is 1. The summed E-state index contributed by atoms with van der Waals surface area (Å²) in [7, 11) is 0. The summed E-state index contributed by atoms with van der Waals surface area (Å²) in [6, 6.07) is 7.06.